The summed E-state index contributed by atoms with van der Waals surface area (Å²) in [6, 6.07) is 11.8. The summed E-state index contributed by atoms with van der Waals surface area (Å²) in [5, 5.41) is 6.04. The van der Waals surface area contributed by atoms with Crippen LogP contribution in [0.15, 0.2) is 42.5 Å². The van der Waals surface area contributed by atoms with Gasteiger partial charge in [0.2, 0.25) is 11.8 Å². The quantitative estimate of drug-likeness (QED) is 0.800. The molecular formula is C19H19ClN2O4. The van der Waals surface area contributed by atoms with Crippen LogP contribution in [0.1, 0.15) is 13.8 Å². The lowest BCUT2D eigenvalue weighted by Crippen LogP contribution is -2.41. The van der Waals surface area contributed by atoms with Gasteiger partial charge in [0.25, 0.3) is 0 Å². The van der Waals surface area contributed by atoms with Crippen LogP contribution in [0.2, 0.25) is 5.02 Å². The van der Waals surface area contributed by atoms with Crippen molar-refractivity contribution in [3.05, 3.63) is 47.5 Å². The second kappa shape index (κ2) is 7.25. The molecule has 0 aromatic heterocycles. The van der Waals surface area contributed by atoms with Crippen molar-refractivity contribution in [1.29, 1.82) is 0 Å². The molecule has 0 bridgehead atoms. The Bertz CT molecular complexity index is 834. The van der Waals surface area contributed by atoms with E-state index < -0.39 is 17.2 Å². The number of carbonyl (C=O) groups excluding carboxylic acids is 2. The average Bonchev–Trinajstić information content (AvgIpc) is 2.63. The molecule has 7 heteroatoms. The van der Waals surface area contributed by atoms with Crippen LogP contribution in [-0.4, -0.2) is 25.0 Å². The van der Waals surface area contributed by atoms with E-state index >= 15 is 0 Å². The summed E-state index contributed by atoms with van der Waals surface area (Å²) in [7, 11) is 0. The first-order valence-corrected chi connectivity index (χ1v) is 8.52. The van der Waals surface area contributed by atoms with Crippen molar-refractivity contribution in [3.63, 3.8) is 0 Å². The molecule has 2 amide bonds. The molecule has 1 aliphatic rings. The molecular weight excluding hydrogens is 356 g/mol. The zero-order chi connectivity index (χ0) is 18.7. The zero-order valence-corrected chi connectivity index (χ0v) is 15.2. The fourth-order valence-electron chi connectivity index (χ4n) is 2.33. The van der Waals surface area contributed by atoms with Crippen LogP contribution < -0.4 is 20.1 Å². The normalized spacial score (nSPS) is 13.0. The number of anilines is 2. The molecule has 2 aromatic rings. The van der Waals surface area contributed by atoms with Crippen molar-refractivity contribution in [1.82, 2.24) is 0 Å². The molecule has 0 saturated carbocycles. The third kappa shape index (κ3) is 3.91. The third-order valence-corrected chi connectivity index (χ3v) is 4.29. The Labute approximate surface area is 156 Å². The maximum absolute atomic E-state index is 12.6. The van der Waals surface area contributed by atoms with Crippen molar-refractivity contribution >= 4 is 34.8 Å². The van der Waals surface area contributed by atoms with E-state index in [4.69, 9.17) is 21.1 Å². The van der Waals surface area contributed by atoms with Gasteiger partial charge in [0, 0.05) is 22.5 Å². The Kier molecular flexibility index (Phi) is 5.04. The first-order chi connectivity index (χ1) is 12.4. The minimum absolute atomic E-state index is 0.421. The topological polar surface area (TPSA) is 76.7 Å². The van der Waals surface area contributed by atoms with E-state index in [0.29, 0.717) is 41.1 Å². The molecule has 0 saturated heterocycles. The fourth-order valence-corrected chi connectivity index (χ4v) is 2.46. The van der Waals surface area contributed by atoms with Crippen molar-refractivity contribution in [2.75, 3.05) is 23.8 Å². The Morgan fingerprint density at radius 3 is 2.08 bits per heavy atom. The lowest BCUT2D eigenvalue weighted by atomic mass is 9.90. The fraction of sp³-hybridized carbons (Fsp3) is 0.263. The van der Waals surface area contributed by atoms with Gasteiger partial charge in [0.15, 0.2) is 11.5 Å². The number of rotatable bonds is 4. The maximum Gasteiger partial charge on any atom is 0.239 e. The zero-order valence-electron chi connectivity index (χ0n) is 14.5. The van der Waals surface area contributed by atoms with Crippen molar-refractivity contribution in [3.8, 4) is 11.5 Å². The molecule has 6 nitrogen and oxygen atoms in total. The van der Waals surface area contributed by atoms with Gasteiger partial charge in [0.05, 0.1) is 0 Å². The molecule has 26 heavy (non-hydrogen) atoms. The molecule has 0 spiro atoms. The molecule has 0 atom stereocenters. The Balaban J connectivity index is 1.69. The highest BCUT2D eigenvalue weighted by Crippen LogP contribution is 2.33. The van der Waals surface area contributed by atoms with Crippen LogP contribution >= 0.6 is 11.6 Å². The van der Waals surface area contributed by atoms with E-state index in [0.717, 1.165) is 0 Å². The molecule has 3 rings (SSSR count). The van der Waals surface area contributed by atoms with Gasteiger partial charge < -0.3 is 20.1 Å². The first kappa shape index (κ1) is 18.1. The van der Waals surface area contributed by atoms with Gasteiger partial charge in [-0.3, -0.25) is 9.59 Å². The van der Waals surface area contributed by atoms with E-state index in [2.05, 4.69) is 10.6 Å². The summed E-state index contributed by atoms with van der Waals surface area (Å²) in [6.45, 7) is 4.08. The maximum atomic E-state index is 12.6. The predicted octanol–water partition coefficient (Wildman–Crippen LogP) is 3.71. The summed E-state index contributed by atoms with van der Waals surface area (Å²) in [4.78, 5) is 25.2. The van der Waals surface area contributed by atoms with Crippen molar-refractivity contribution in [2.45, 2.75) is 13.8 Å². The lowest BCUT2D eigenvalue weighted by molar-refractivity contribution is -0.135. The Morgan fingerprint density at radius 1 is 0.885 bits per heavy atom. The molecule has 2 aromatic carbocycles. The predicted molar refractivity (Wildman–Crippen MR) is 99.9 cm³/mol. The number of fused-ring (bicyclic) bond motifs is 1. The number of hydrogen-bond donors (Lipinski definition) is 2. The number of amides is 2. The van der Waals surface area contributed by atoms with E-state index in [-0.39, 0.29) is 0 Å². The van der Waals surface area contributed by atoms with Crippen LogP contribution in [0.3, 0.4) is 0 Å². The highest BCUT2D eigenvalue weighted by Gasteiger charge is 2.36. The summed E-state index contributed by atoms with van der Waals surface area (Å²) in [5.41, 5.74) is -0.182. The molecule has 1 aliphatic heterocycles. The highest BCUT2D eigenvalue weighted by molar-refractivity contribution is 6.30. The van der Waals surface area contributed by atoms with E-state index in [9.17, 15) is 9.59 Å². The summed E-state index contributed by atoms with van der Waals surface area (Å²) >= 11 is 5.83. The van der Waals surface area contributed by atoms with E-state index in [1.54, 1.807) is 56.3 Å². The number of hydrogen-bond acceptors (Lipinski definition) is 4. The molecule has 0 unspecified atom stereocenters. The largest absolute Gasteiger partial charge is 0.486 e. The highest BCUT2D eigenvalue weighted by atomic mass is 35.5. The van der Waals surface area contributed by atoms with Gasteiger partial charge in [-0.2, -0.15) is 0 Å². The van der Waals surface area contributed by atoms with E-state index in [1.807, 2.05) is 0 Å². The smallest absolute Gasteiger partial charge is 0.239 e. The van der Waals surface area contributed by atoms with Gasteiger partial charge in [0.1, 0.15) is 18.6 Å². The van der Waals surface area contributed by atoms with Gasteiger partial charge in [-0.05, 0) is 50.2 Å². The molecule has 1 heterocycles. The minimum Gasteiger partial charge on any atom is -0.486 e. The molecule has 2 N–H and O–H groups in total. The first-order valence-electron chi connectivity index (χ1n) is 8.14. The third-order valence-electron chi connectivity index (χ3n) is 4.04. The second-order valence-corrected chi connectivity index (χ2v) is 6.84. The summed E-state index contributed by atoms with van der Waals surface area (Å²) in [5.74, 6) is 0.349. The van der Waals surface area contributed by atoms with Crippen LogP contribution in [-0.2, 0) is 9.59 Å². The van der Waals surface area contributed by atoms with Crippen molar-refractivity contribution in [2.24, 2.45) is 5.41 Å². The average molecular weight is 375 g/mol. The standard InChI is InChI=1S/C19H19ClN2O4/c1-19(2,17(23)21-13-5-3-12(20)4-6-13)18(24)22-14-7-8-15-16(11-14)26-10-9-25-15/h3-8,11H,9-10H2,1-2H3,(H,21,23)(H,22,24). The monoisotopic (exact) mass is 374 g/mol. The second-order valence-electron chi connectivity index (χ2n) is 6.40. The van der Waals surface area contributed by atoms with Crippen LogP contribution in [0, 0.1) is 5.41 Å². The number of nitrogens with one attached hydrogen (secondary N) is 2. The van der Waals surface area contributed by atoms with Crippen molar-refractivity contribution < 1.29 is 19.1 Å². The number of benzene rings is 2. The Hall–Kier alpha value is -2.73. The summed E-state index contributed by atoms with van der Waals surface area (Å²) in [6.07, 6.45) is 0. The molecule has 0 radical (unpaired) electrons. The van der Waals surface area contributed by atoms with Gasteiger partial charge in [-0.1, -0.05) is 11.6 Å². The van der Waals surface area contributed by atoms with Gasteiger partial charge >= 0.3 is 0 Å². The number of ether oxygens (including phenoxy) is 2. The molecule has 136 valence electrons. The number of carbonyl (C=O) groups is 2. The van der Waals surface area contributed by atoms with Gasteiger partial charge in [-0.15, -0.1) is 0 Å². The molecule has 0 aliphatic carbocycles. The van der Waals surface area contributed by atoms with Gasteiger partial charge in [-0.25, -0.2) is 0 Å². The number of halogens is 1. The van der Waals surface area contributed by atoms with E-state index in [1.165, 1.54) is 0 Å². The van der Waals surface area contributed by atoms with Crippen LogP contribution in [0.5, 0.6) is 11.5 Å². The minimum atomic E-state index is -1.28. The Morgan fingerprint density at radius 2 is 1.42 bits per heavy atom. The molecule has 0 fully saturated rings. The lowest BCUT2D eigenvalue weighted by Gasteiger charge is -2.24. The summed E-state index contributed by atoms with van der Waals surface area (Å²) < 4.78 is 11.0. The SMILES string of the molecule is CC(C)(C(=O)Nc1ccc(Cl)cc1)C(=O)Nc1ccc2c(c1)OCCO2. The van der Waals surface area contributed by atoms with Crippen LogP contribution in [0.25, 0.3) is 0 Å². The van der Waals surface area contributed by atoms with Crippen LogP contribution in [0.4, 0.5) is 11.4 Å².